The maximum absolute atomic E-state index is 11.7. The lowest BCUT2D eigenvalue weighted by atomic mass is 10.2. The van der Waals surface area contributed by atoms with E-state index in [-0.39, 0.29) is 5.91 Å². The van der Waals surface area contributed by atoms with Crippen LogP contribution in [0.2, 0.25) is 5.02 Å². The summed E-state index contributed by atoms with van der Waals surface area (Å²) in [5.74, 6) is 5.52. The van der Waals surface area contributed by atoms with Crippen molar-refractivity contribution in [3.8, 4) is 11.8 Å². The SMILES string of the molecule is CCCOCCC(=O)Nc1cc(C#CCN)ccc1Cl. The summed E-state index contributed by atoms with van der Waals surface area (Å²) in [6.07, 6.45) is 1.24. The third kappa shape index (κ3) is 6.07. The first-order chi connectivity index (χ1) is 9.67. The Kier molecular flexibility index (Phi) is 7.74. The number of rotatable bonds is 6. The number of hydrogen-bond acceptors (Lipinski definition) is 3. The highest BCUT2D eigenvalue weighted by Gasteiger charge is 2.06. The first kappa shape index (κ1) is 16.5. The summed E-state index contributed by atoms with van der Waals surface area (Å²) in [6, 6.07) is 5.21. The Balaban J connectivity index is 2.59. The van der Waals surface area contributed by atoms with E-state index in [0.717, 1.165) is 12.0 Å². The number of carbonyl (C=O) groups is 1. The van der Waals surface area contributed by atoms with Gasteiger partial charge in [-0.2, -0.15) is 0 Å². The summed E-state index contributed by atoms with van der Waals surface area (Å²) in [5, 5.41) is 3.23. The highest BCUT2D eigenvalue weighted by atomic mass is 35.5. The monoisotopic (exact) mass is 294 g/mol. The molecular weight excluding hydrogens is 276 g/mol. The summed E-state index contributed by atoms with van der Waals surface area (Å²) < 4.78 is 5.27. The molecule has 0 fully saturated rings. The zero-order valence-corrected chi connectivity index (χ0v) is 12.3. The molecule has 0 saturated carbocycles. The number of anilines is 1. The Morgan fingerprint density at radius 1 is 1.45 bits per heavy atom. The second-order valence-corrected chi connectivity index (χ2v) is 4.52. The summed E-state index contributed by atoms with van der Waals surface area (Å²) in [4.78, 5) is 11.7. The molecular formula is C15H19ClN2O2. The summed E-state index contributed by atoms with van der Waals surface area (Å²) in [7, 11) is 0. The second-order valence-electron chi connectivity index (χ2n) is 4.11. The van der Waals surface area contributed by atoms with Crippen LogP contribution in [0.25, 0.3) is 0 Å². The molecule has 0 aromatic heterocycles. The first-order valence-corrected chi connectivity index (χ1v) is 6.91. The van der Waals surface area contributed by atoms with Crippen molar-refractivity contribution < 1.29 is 9.53 Å². The molecule has 0 aliphatic heterocycles. The molecule has 1 rings (SSSR count). The van der Waals surface area contributed by atoms with Crippen molar-refractivity contribution in [2.75, 3.05) is 25.1 Å². The van der Waals surface area contributed by atoms with Crippen molar-refractivity contribution in [1.82, 2.24) is 0 Å². The van der Waals surface area contributed by atoms with E-state index >= 15 is 0 Å². The molecule has 20 heavy (non-hydrogen) atoms. The van der Waals surface area contributed by atoms with Gasteiger partial charge >= 0.3 is 0 Å². The van der Waals surface area contributed by atoms with Crippen molar-refractivity contribution in [3.63, 3.8) is 0 Å². The van der Waals surface area contributed by atoms with E-state index in [2.05, 4.69) is 17.2 Å². The molecule has 5 heteroatoms. The predicted molar refractivity (Wildman–Crippen MR) is 81.7 cm³/mol. The molecule has 108 valence electrons. The number of carbonyl (C=O) groups excluding carboxylic acids is 1. The number of amides is 1. The predicted octanol–water partition coefficient (Wildman–Crippen LogP) is 2.41. The number of halogens is 1. The lowest BCUT2D eigenvalue weighted by molar-refractivity contribution is -0.117. The fraction of sp³-hybridized carbons (Fsp3) is 0.400. The van der Waals surface area contributed by atoms with Crippen LogP contribution in [0.4, 0.5) is 5.69 Å². The zero-order chi connectivity index (χ0) is 14.8. The van der Waals surface area contributed by atoms with Crippen LogP contribution in [0.3, 0.4) is 0 Å². The number of nitrogens with two attached hydrogens (primary N) is 1. The van der Waals surface area contributed by atoms with Crippen molar-refractivity contribution in [3.05, 3.63) is 28.8 Å². The van der Waals surface area contributed by atoms with Gasteiger partial charge in [-0.3, -0.25) is 4.79 Å². The Morgan fingerprint density at radius 2 is 2.25 bits per heavy atom. The van der Waals surface area contributed by atoms with Gasteiger partial charge in [0, 0.05) is 12.2 Å². The van der Waals surface area contributed by atoms with Gasteiger partial charge < -0.3 is 15.8 Å². The molecule has 0 heterocycles. The first-order valence-electron chi connectivity index (χ1n) is 6.53. The molecule has 0 bridgehead atoms. The fourth-order valence-electron chi connectivity index (χ4n) is 1.48. The quantitative estimate of drug-likeness (QED) is 0.625. The van der Waals surface area contributed by atoms with Crippen LogP contribution >= 0.6 is 11.6 Å². The molecule has 0 atom stereocenters. The molecule has 1 amide bonds. The van der Waals surface area contributed by atoms with Crippen molar-refractivity contribution >= 4 is 23.2 Å². The van der Waals surface area contributed by atoms with Crippen molar-refractivity contribution in [2.45, 2.75) is 19.8 Å². The van der Waals surface area contributed by atoms with E-state index in [1.165, 1.54) is 0 Å². The number of nitrogens with one attached hydrogen (secondary N) is 1. The Labute approximate surface area is 124 Å². The Hall–Kier alpha value is -1.54. The maximum atomic E-state index is 11.7. The summed E-state index contributed by atoms with van der Waals surface area (Å²) in [5.41, 5.74) is 6.63. The largest absolute Gasteiger partial charge is 0.381 e. The number of ether oxygens (including phenoxy) is 1. The third-order valence-corrected chi connectivity index (χ3v) is 2.73. The Bertz CT molecular complexity index is 506. The van der Waals surface area contributed by atoms with E-state index in [4.69, 9.17) is 22.1 Å². The van der Waals surface area contributed by atoms with Crippen LogP contribution in [-0.2, 0) is 9.53 Å². The van der Waals surface area contributed by atoms with Crippen molar-refractivity contribution in [2.24, 2.45) is 5.73 Å². The molecule has 3 N–H and O–H groups in total. The van der Waals surface area contributed by atoms with Crippen LogP contribution in [-0.4, -0.2) is 25.7 Å². The van der Waals surface area contributed by atoms with Gasteiger partial charge in [0.25, 0.3) is 0 Å². The van der Waals surface area contributed by atoms with Crippen LogP contribution in [0.15, 0.2) is 18.2 Å². The molecule has 0 saturated heterocycles. The second kappa shape index (κ2) is 9.38. The topological polar surface area (TPSA) is 64.3 Å². The maximum Gasteiger partial charge on any atom is 0.226 e. The van der Waals surface area contributed by atoms with E-state index in [9.17, 15) is 4.79 Å². The molecule has 1 aromatic carbocycles. The van der Waals surface area contributed by atoms with Gasteiger partial charge in [0.1, 0.15) is 0 Å². The zero-order valence-electron chi connectivity index (χ0n) is 11.5. The van der Waals surface area contributed by atoms with Crippen LogP contribution in [0.5, 0.6) is 0 Å². The van der Waals surface area contributed by atoms with E-state index in [1.807, 2.05) is 6.92 Å². The standard InChI is InChI=1S/C15H19ClN2O2/c1-2-9-20-10-7-15(19)18-14-11-12(4-3-8-17)5-6-13(14)16/h5-6,11H,2,7-10,17H2,1H3,(H,18,19). The normalized spacial score (nSPS) is 9.75. The fourth-order valence-corrected chi connectivity index (χ4v) is 1.64. The summed E-state index contributed by atoms with van der Waals surface area (Å²) >= 11 is 6.04. The van der Waals surface area contributed by atoms with Gasteiger partial charge in [-0.25, -0.2) is 0 Å². The van der Waals surface area contributed by atoms with E-state index in [0.29, 0.717) is 36.9 Å². The third-order valence-electron chi connectivity index (χ3n) is 2.40. The Morgan fingerprint density at radius 3 is 2.95 bits per heavy atom. The van der Waals surface area contributed by atoms with Gasteiger partial charge in [-0.05, 0) is 24.6 Å². The molecule has 0 radical (unpaired) electrons. The lowest BCUT2D eigenvalue weighted by Gasteiger charge is -2.08. The highest BCUT2D eigenvalue weighted by molar-refractivity contribution is 6.33. The number of benzene rings is 1. The highest BCUT2D eigenvalue weighted by Crippen LogP contribution is 2.22. The van der Waals surface area contributed by atoms with Crippen LogP contribution in [0, 0.1) is 11.8 Å². The molecule has 0 aliphatic carbocycles. The van der Waals surface area contributed by atoms with Gasteiger partial charge in [-0.1, -0.05) is 30.4 Å². The van der Waals surface area contributed by atoms with Crippen LogP contribution < -0.4 is 11.1 Å². The van der Waals surface area contributed by atoms with E-state index in [1.54, 1.807) is 18.2 Å². The lowest BCUT2D eigenvalue weighted by Crippen LogP contribution is -2.14. The molecule has 1 aromatic rings. The average Bonchev–Trinajstić information content (AvgIpc) is 2.44. The average molecular weight is 295 g/mol. The minimum atomic E-state index is -0.132. The van der Waals surface area contributed by atoms with Crippen molar-refractivity contribution in [1.29, 1.82) is 0 Å². The molecule has 4 nitrogen and oxygen atoms in total. The minimum Gasteiger partial charge on any atom is -0.381 e. The van der Waals surface area contributed by atoms with Gasteiger partial charge in [0.15, 0.2) is 0 Å². The number of hydrogen-bond donors (Lipinski definition) is 2. The minimum absolute atomic E-state index is 0.132. The van der Waals surface area contributed by atoms with Crippen LogP contribution in [0.1, 0.15) is 25.3 Å². The molecule has 0 spiro atoms. The summed E-state index contributed by atoms with van der Waals surface area (Å²) in [6.45, 7) is 3.38. The van der Waals surface area contributed by atoms with Gasteiger partial charge in [0.05, 0.1) is 30.3 Å². The van der Waals surface area contributed by atoms with Gasteiger partial charge in [-0.15, -0.1) is 0 Å². The van der Waals surface area contributed by atoms with E-state index < -0.39 is 0 Å². The van der Waals surface area contributed by atoms with Gasteiger partial charge in [0.2, 0.25) is 5.91 Å². The smallest absolute Gasteiger partial charge is 0.226 e. The molecule has 0 aliphatic rings. The molecule has 0 unspecified atom stereocenters.